The van der Waals surface area contributed by atoms with Crippen LogP contribution in [-0.4, -0.2) is 11.1 Å². The summed E-state index contributed by atoms with van der Waals surface area (Å²) in [7, 11) is 0. The van der Waals surface area contributed by atoms with E-state index in [-0.39, 0.29) is 17.6 Å². The Bertz CT molecular complexity index is 423. The number of hydrogen-bond donors (Lipinski definition) is 2. The van der Waals surface area contributed by atoms with E-state index in [4.69, 9.17) is 5.21 Å². The van der Waals surface area contributed by atoms with Crippen LogP contribution in [0.15, 0.2) is 12.1 Å². The summed E-state index contributed by atoms with van der Waals surface area (Å²) in [5, 5.41) is 8.78. The van der Waals surface area contributed by atoms with Crippen molar-refractivity contribution >= 4 is 5.91 Å². The van der Waals surface area contributed by atoms with Crippen LogP contribution in [-0.2, 0) is 11.2 Å². The van der Waals surface area contributed by atoms with E-state index in [0.29, 0.717) is 17.5 Å². The van der Waals surface area contributed by atoms with E-state index in [9.17, 15) is 9.18 Å². The van der Waals surface area contributed by atoms with Crippen molar-refractivity contribution in [2.75, 3.05) is 0 Å². The molecule has 19 heavy (non-hydrogen) atoms. The van der Waals surface area contributed by atoms with Crippen LogP contribution in [0.2, 0.25) is 0 Å². The van der Waals surface area contributed by atoms with Crippen molar-refractivity contribution in [2.45, 2.75) is 46.5 Å². The number of carbonyl (C=O) groups excluding carboxylic acids is 1. The number of nitrogens with one attached hydrogen (secondary N) is 1. The second kappa shape index (κ2) is 7.24. The summed E-state index contributed by atoms with van der Waals surface area (Å²) in [6.45, 7) is 5.50. The van der Waals surface area contributed by atoms with Gasteiger partial charge in [-0.3, -0.25) is 10.0 Å². The molecule has 0 fully saturated rings. The number of hydrogen-bond acceptors (Lipinski definition) is 2. The molecule has 0 aliphatic carbocycles. The minimum Gasteiger partial charge on any atom is -0.289 e. The SMILES string of the molecule is CCCCC(Cc1cc(C)c(F)c(C)c1)C(=O)NO. The third-order valence-electron chi connectivity index (χ3n) is 3.37. The molecule has 1 aromatic carbocycles. The number of hydroxylamine groups is 1. The Kier molecular flexibility index (Phi) is 5.96. The lowest BCUT2D eigenvalue weighted by Gasteiger charge is -2.15. The predicted octanol–water partition coefficient (Wildman–Crippen LogP) is 3.30. The van der Waals surface area contributed by atoms with E-state index < -0.39 is 0 Å². The van der Waals surface area contributed by atoms with Gasteiger partial charge in [-0.1, -0.05) is 31.9 Å². The highest BCUT2D eigenvalue weighted by Gasteiger charge is 2.18. The van der Waals surface area contributed by atoms with Gasteiger partial charge in [0.2, 0.25) is 5.91 Å². The van der Waals surface area contributed by atoms with Crippen LogP contribution in [0.25, 0.3) is 0 Å². The van der Waals surface area contributed by atoms with Gasteiger partial charge >= 0.3 is 0 Å². The molecule has 3 nitrogen and oxygen atoms in total. The molecule has 1 rings (SSSR count). The minimum absolute atomic E-state index is 0.194. The molecule has 0 heterocycles. The maximum atomic E-state index is 13.6. The molecule has 0 aliphatic rings. The first-order chi connectivity index (χ1) is 8.99. The Balaban J connectivity index is 2.86. The Morgan fingerprint density at radius 3 is 2.42 bits per heavy atom. The van der Waals surface area contributed by atoms with Crippen molar-refractivity contribution in [3.05, 3.63) is 34.6 Å². The quantitative estimate of drug-likeness (QED) is 0.613. The van der Waals surface area contributed by atoms with Crippen LogP contribution in [0.1, 0.15) is 42.9 Å². The molecule has 0 saturated heterocycles. The molecule has 0 aromatic heterocycles. The van der Waals surface area contributed by atoms with Gasteiger partial charge in [0.05, 0.1) is 0 Å². The summed E-state index contributed by atoms with van der Waals surface area (Å²) in [5.74, 6) is -0.831. The summed E-state index contributed by atoms with van der Waals surface area (Å²) >= 11 is 0. The molecule has 1 unspecified atom stereocenters. The zero-order valence-corrected chi connectivity index (χ0v) is 11.8. The lowest BCUT2D eigenvalue weighted by atomic mass is 9.92. The molecule has 0 radical (unpaired) electrons. The normalized spacial score (nSPS) is 12.3. The number of halogens is 1. The minimum atomic E-state index is -0.368. The average Bonchev–Trinajstić information content (AvgIpc) is 2.39. The number of rotatable bonds is 6. The first-order valence-electron chi connectivity index (χ1n) is 6.69. The fourth-order valence-corrected chi connectivity index (χ4v) is 2.31. The lowest BCUT2D eigenvalue weighted by molar-refractivity contribution is -0.133. The van der Waals surface area contributed by atoms with Gasteiger partial charge in [-0.2, -0.15) is 0 Å². The van der Waals surface area contributed by atoms with Crippen molar-refractivity contribution in [3.63, 3.8) is 0 Å². The van der Waals surface area contributed by atoms with Gasteiger partial charge in [-0.05, 0) is 43.4 Å². The predicted molar refractivity (Wildman–Crippen MR) is 72.5 cm³/mol. The van der Waals surface area contributed by atoms with Gasteiger partial charge in [0.25, 0.3) is 0 Å². The van der Waals surface area contributed by atoms with E-state index in [2.05, 4.69) is 6.92 Å². The summed E-state index contributed by atoms with van der Waals surface area (Å²) in [6.07, 6.45) is 3.17. The van der Waals surface area contributed by atoms with Gasteiger partial charge in [-0.25, -0.2) is 9.87 Å². The van der Waals surface area contributed by atoms with E-state index >= 15 is 0 Å². The summed E-state index contributed by atoms with van der Waals surface area (Å²) in [6, 6.07) is 3.54. The van der Waals surface area contributed by atoms with Crippen LogP contribution >= 0.6 is 0 Å². The molecule has 0 bridgehead atoms. The summed E-state index contributed by atoms with van der Waals surface area (Å²) < 4.78 is 13.6. The molecular weight excluding hydrogens is 245 g/mol. The van der Waals surface area contributed by atoms with Gasteiger partial charge in [-0.15, -0.1) is 0 Å². The van der Waals surface area contributed by atoms with Crippen molar-refractivity contribution in [1.82, 2.24) is 5.48 Å². The van der Waals surface area contributed by atoms with Gasteiger partial charge in [0.1, 0.15) is 5.82 Å². The Morgan fingerprint density at radius 1 is 1.37 bits per heavy atom. The zero-order valence-electron chi connectivity index (χ0n) is 11.8. The smallest absolute Gasteiger partial charge is 0.246 e. The second-order valence-electron chi connectivity index (χ2n) is 5.06. The summed E-state index contributed by atoms with van der Waals surface area (Å²) in [5.41, 5.74) is 3.84. The lowest BCUT2D eigenvalue weighted by Crippen LogP contribution is -2.29. The highest BCUT2D eigenvalue weighted by atomic mass is 19.1. The number of carbonyl (C=O) groups is 1. The first-order valence-corrected chi connectivity index (χ1v) is 6.69. The highest BCUT2D eigenvalue weighted by molar-refractivity contribution is 5.77. The van der Waals surface area contributed by atoms with Crippen molar-refractivity contribution in [1.29, 1.82) is 0 Å². The van der Waals surface area contributed by atoms with Crippen molar-refractivity contribution in [2.24, 2.45) is 5.92 Å². The molecule has 106 valence electrons. The second-order valence-corrected chi connectivity index (χ2v) is 5.06. The van der Waals surface area contributed by atoms with Crippen LogP contribution in [0.4, 0.5) is 4.39 Å². The Morgan fingerprint density at radius 2 is 1.95 bits per heavy atom. The molecule has 2 N–H and O–H groups in total. The fourth-order valence-electron chi connectivity index (χ4n) is 2.31. The summed E-state index contributed by atoms with van der Waals surface area (Å²) in [4.78, 5) is 11.6. The topological polar surface area (TPSA) is 49.3 Å². The van der Waals surface area contributed by atoms with Gasteiger partial charge in [0.15, 0.2) is 0 Å². The van der Waals surface area contributed by atoms with Crippen LogP contribution in [0, 0.1) is 25.6 Å². The number of benzene rings is 1. The molecule has 1 atom stereocenters. The molecule has 4 heteroatoms. The standard InChI is InChI=1S/C15H22FNO2/c1-4-5-6-13(15(18)17-19)9-12-7-10(2)14(16)11(3)8-12/h7-8,13,19H,4-6,9H2,1-3H3,(H,17,18). The third-order valence-corrected chi connectivity index (χ3v) is 3.37. The third kappa shape index (κ3) is 4.31. The van der Waals surface area contributed by atoms with Crippen LogP contribution in [0.5, 0.6) is 0 Å². The van der Waals surface area contributed by atoms with Gasteiger partial charge < -0.3 is 0 Å². The first kappa shape index (κ1) is 15.6. The number of aryl methyl sites for hydroxylation is 2. The molecule has 0 spiro atoms. The average molecular weight is 267 g/mol. The van der Waals surface area contributed by atoms with E-state index in [0.717, 1.165) is 24.8 Å². The molecule has 1 amide bonds. The Hall–Kier alpha value is -1.42. The van der Waals surface area contributed by atoms with E-state index in [1.54, 1.807) is 31.5 Å². The molecule has 0 saturated carbocycles. The fraction of sp³-hybridized carbons (Fsp3) is 0.533. The zero-order chi connectivity index (χ0) is 14.4. The van der Waals surface area contributed by atoms with Crippen molar-refractivity contribution in [3.8, 4) is 0 Å². The van der Waals surface area contributed by atoms with Crippen molar-refractivity contribution < 1.29 is 14.4 Å². The molecule has 0 aliphatic heterocycles. The monoisotopic (exact) mass is 267 g/mol. The number of amides is 1. The Labute approximate surface area is 113 Å². The molecular formula is C15H22FNO2. The molecule has 1 aromatic rings. The van der Waals surface area contributed by atoms with Gasteiger partial charge in [0, 0.05) is 5.92 Å². The highest BCUT2D eigenvalue weighted by Crippen LogP contribution is 2.20. The van der Waals surface area contributed by atoms with Crippen LogP contribution in [0.3, 0.4) is 0 Å². The maximum absolute atomic E-state index is 13.6. The number of unbranched alkanes of at least 4 members (excludes halogenated alkanes) is 1. The maximum Gasteiger partial charge on any atom is 0.246 e. The van der Waals surface area contributed by atoms with E-state index in [1.165, 1.54) is 0 Å². The van der Waals surface area contributed by atoms with E-state index in [1.807, 2.05) is 0 Å². The largest absolute Gasteiger partial charge is 0.289 e. The van der Waals surface area contributed by atoms with Crippen LogP contribution < -0.4 is 5.48 Å².